The topological polar surface area (TPSA) is 61.6 Å². The summed E-state index contributed by atoms with van der Waals surface area (Å²) in [7, 11) is 0. The predicted molar refractivity (Wildman–Crippen MR) is 87.7 cm³/mol. The van der Waals surface area contributed by atoms with Gasteiger partial charge in [0.25, 0.3) is 0 Å². The van der Waals surface area contributed by atoms with Gasteiger partial charge in [0.1, 0.15) is 11.9 Å². The Morgan fingerprint density at radius 2 is 1.82 bits per heavy atom. The molecule has 22 heavy (non-hydrogen) atoms. The second kappa shape index (κ2) is 6.00. The number of nitrogens with zero attached hydrogens (tertiary/aromatic N) is 3. The fourth-order valence-corrected chi connectivity index (χ4v) is 2.66. The lowest BCUT2D eigenvalue weighted by Gasteiger charge is -2.17. The quantitative estimate of drug-likeness (QED) is 0.782. The largest absolute Gasteiger partial charge is 0.362 e. The summed E-state index contributed by atoms with van der Waals surface area (Å²) in [5, 5.41) is 22.7. The van der Waals surface area contributed by atoms with Gasteiger partial charge in [0.2, 0.25) is 0 Å². The summed E-state index contributed by atoms with van der Waals surface area (Å²) in [4.78, 5) is 0. The molecule has 0 bridgehead atoms. The highest BCUT2D eigenvalue weighted by molar-refractivity contribution is 6.35. The molecule has 1 unspecified atom stereocenters. The molecule has 1 aromatic heterocycles. The SMILES string of the molecule is CC(Nc1ccc(C#N)nn1)c1ccc(Cl)c2ccccc12. The number of halogens is 1. The van der Waals surface area contributed by atoms with E-state index in [0.717, 1.165) is 21.4 Å². The highest BCUT2D eigenvalue weighted by atomic mass is 35.5. The molecule has 3 aromatic rings. The smallest absolute Gasteiger partial charge is 0.163 e. The lowest BCUT2D eigenvalue weighted by atomic mass is 9.99. The minimum absolute atomic E-state index is 0.0319. The molecule has 1 N–H and O–H groups in total. The van der Waals surface area contributed by atoms with Crippen LogP contribution in [-0.2, 0) is 0 Å². The predicted octanol–water partition coefficient (Wildman–Crippen LogP) is 4.33. The Kier molecular flexibility index (Phi) is 3.90. The van der Waals surface area contributed by atoms with E-state index in [1.807, 2.05) is 36.4 Å². The Morgan fingerprint density at radius 1 is 1.05 bits per heavy atom. The molecule has 108 valence electrons. The molecule has 1 atom stereocenters. The molecule has 0 spiro atoms. The number of fused-ring (bicyclic) bond motifs is 1. The van der Waals surface area contributed by atoms with Crippen LogP contribution >= 0.6 is 11.6 Å². The third-order valence-corrected chi connectivity index (χ3v) is 3.84. The lowest BCUT2D eigenvalue weighted by molar-refractivity contribution is 0.866. The zero-order valence-electron chi connectivity index (χ0n) is 11.9. The molecule has 2 aromatic carbocycles. The van der Waals surface area contributed by atoms with Gasteiger partial charge >= 0.3 is 0 Å². The molecule has 0 aliphatic heterocycles. The van der Waals surface area contributed by atoms with E-state index in [1.54, 1.807) is 12.1 Å². The van der Waals surface area contributed by atoms with Crippen molar-refractivity contribution in [3.05, 3.63) is 64.8 Å². The van der Waals surface area contributed by atoms with Crippen molar-refractivity contribution in [2.24, 2.45) is 0 Å². The Balaban J connectivity index is 1.93. The van der Waals surface area contributed by atoms with Crippen LogP contribution in [0.5, 0.6) is 0 Å². The highest BCUT2D eigenvalue weighted by Crippen LogP contribution is 2.30. The van der Waals surface area contributed by atoms with E-state index in [4.69, 9.17) is 16.9 Å². The second-order valence-electron chi connectivity index (χ2n) is 4.96. The molecule has 0 radical (unpaired) electrons. The van der Waals surface area contributed by atoms with E-state index in [1.165, 1.54) is 0 Å². The van der Waals surface area contributed by atoms with Crippen LogP contribution in [0, 0.1) is 11.3 Å². The van der Waals surface area contributed by atoms with Gasteiger partial charge in [-0.15, -0.1) is 10.2 Å². The minimum atomic E-state index is 0.0319. The van der Waals surface area contributed by atoms with Crippen LogP contribution in [0.15, 0.2) is 48.5 Å². The van der Waals surface area contributed by atoms with Crippen LogP contribution in [0.2, 0.25) is 5.02 Å². The lowest BCUT2D eigenvalue weighted by Crippen LogP contribution is -2.09. The second-order valence-corrected chi connectivity index (χ2v) is 5.37. The van der Waals surface area contributed by atoms with Gasteiger partial charge in [0.15, 0.2) is 5.69 Å². The van der Waals surface area contributed by atoms with Crippen molar-refractivity contribution < 1.29 is 0 Å². The van der Waals surface area contributed by atoms with Crippen LogP contribution in [-0.4, -0.2) is 10.2 Å². The molecular formula is C17H13ClN4. The van der Waals surface area contributed by atoms with Crippen LogP contribution in [0.3, 0.4) is 0 Å². The van der Waals surface area contributed by atoms with E-state index in [0.29, 0.717) is 11.5 Å². The maximum Gasteiger partial charge on any atom is 0.163 e. The first-order valence-corrected chi connectivity index (χ1v) is 7.24. The molecule has 0 fully saturated rings. The van der Waals surface area contributed by atoms with Gasteiger partial charge in [0.05, 0.1) is 6.04 Å². The van der Waals surface area contributed by atoms with Gasteiger partial charge in [-0.2, -0.15) is 5.26 Å². The van der Waals surface area contributed by atoms with Crippen molar-refractivity contribution >= 4 is 28.2 Å². The maximum atomic E-state index is 8.75. The van der Waals surface area contributed by atoms with Gasteiger partial charge in [0, 0.05) is 10.4 Å². The molecule has 3 rings (SSSR count). The summed E-state index contributed by atoms with van der Waals surface area (Å²) in [6.45, 7) is 2.05. The van der Waals surface area contributed by atoms with Crippen molar-refractivity contribution in [3.63, 3.8) is 0 Å². The van der Waals surface area contributed by atoms with Crippen LogP contribution in [0.1, 0.15) is 24.2 Å². The van der Waals surface area contributed by atoms with Gasteiger partial charge in [-0.1, -0.05) is 41.9 Å². The Labute approximate surface area is 133 Å². The first-order chi connectivity index (χ1) is 10.7. The maximum absolute atomic E-state index is 8.75. The molecular weight excluding hydrogens is 296 g/mol. The van der Waals surface area contributed by atoms with Crippen molar-refractivity contribution in [1.29, 1.82) is 5.26 Å². The number of nitriles is 1. The number of anilines is 1. The zero-order chi connectivity index (χ0) is 15.5. The Hall–Kier alpha value is -2.64. The summed E-state index contributed by atoms with van der Waals surface area (Å²) in [5.41, 5.74) is 1.43. The average molecular weight is 309 g/mol. The minimum Gasteiger partial charge on any atom is -0.362 e. The number of hydrogen-bond donors (Lipinski definition) is 1. The van der Waals surface area contributed by atoms with E-state index in [2.05, 4.69) is 28.5 Å². The average Bonchev–Trinajstić information content (AvgIpc) is 2.56. The Bertz CT molecular complexity index is 853. The Morgan fingerprint density at radius 3 is 2.50 bits per heavy atom. The number of nitrogens with one attached hydrogen (secondary N) is 1. The molecule has 0 aliphatic rings. The van der Waals surface area contributed by atoms with Crippen LogP contribution < -0.4 is 5.32 Å². The molecule has 4 nitrogen and oxygen atoms in total. The van der Waals surface area contributed by atoms with Crippen molar-refractivity contribution in [2.75, 3.05) is 5.32 Å². The molecule has 0 amide bonds. The zero-order valence-corrected chi connectivity index (χ0v) is 12.7. The van der Waals surface area contributed by atoms with Crippen molar-refractivity contribution in [3.8, 4) is 6.07 Å². The molecule has 1 heterocycles. The summed E-state index contributed by atoms with van der Waals surface area (Å²) in [5.74, 6) is 0.630. The van der Waals surface area contributed by atoms with E-state index < -0.39 is 0 Å². The number of hydrogen-bond acceptors (Lipinski definition) is 4. The van der Waals surface area contributed by atoms with Crippen LogP contribution in [0.4, 0.5) is 5.82 Å². The third-order valence-electron chi connectivity index (χ3n) is 3.51. The van der Waals surface area contributed by atoms with Gasteiger partial charge in [-0.25, -0.2) is 0 Å². The molecule has 0 saturated heterocycles. The monoisotopic (exact) mass is 308 g/mol. The molecule has 0 saturated carbocycles. The first kappa shape index (κ1) is 14.3. The van der Waals surface area contributed by atoms with Gasteiger partial charge in [-0.05, 0) is 36.1 Å². The van der Waals surface area contributed by atoms with E-state index in [9.17, 15) is 0 Å². The van der Waals surface area contributed by atoms with E-state index >= 15 is 0 Å². The normalized spacial score (nSPS) is 11.9. The fraction of sp³-hybridized carbons (Fsp3) is 0.118. The van der Waals surface area contributed by atoms with Crippen molar-refractivity contribution in [2.45, 2.75) is 13.0 Å². The summed E-state index contributed by atoms with van der Waals surface area (Å²) >= 11 is 6.25. The number of aromatic nitrogens is 2. The summed E-state index contributed by atoms with van der Waals surface area (Å²) in [6, 6.07) is 17.3. The number of rotatable bonds is 3. The fourth-order valence-electron chi connectivity index (χ4n) is 2.43. The van der Waals surface area contributed by atoms with Gasteiger partial charge < -0.3 is 5.32 Å². The van der Waals surface area contributed by atoms with Crippen molar-refractivity contribution in [1.82, 2.24) is 10.2 Å². The van der Waals surface area contributed by atoms with Gasteiger partial charge in [-0.3, -0.25) is 0 Å². The van der Waals surface area contributed by atoms with E-state index in [-0.39, 0.29) is 6.04 Å². The third kappa shape index (κ3) is 2.72. The number of benzene rings is 2. The highest BCUT2D eigenvalue weighted by Gasteiger charge is 2.11. The first-order valence-electron chi connectivity index (χ1n) is 6.86. The molecule has 0 aliphatic carbocycles. The summed E-state index contributed by atoms with van der Waals surface area (Å²) in [6.07, 6.45) is 0. The summed E-state index contributed by atoms with van der Waals surface area (Å²) < 4.78 is 0. The van der Waals surface area contributed by atoms with Crippen LogP contribution in [0.25, 0.3) is 10.8 Å². The standard InChI is InChI=1S/C17H13ClN4/c1-11(20-17-9-6-12(10-19)21-22-17)13-7-8-16(18)15-5-3-2-4-14(13)15/h2-9,11H,1H3,(H,20,22). The molecule has 5 heteroatoms.